The number of aromatic carboxylic acids is 1. The molecule has 16 heavy (non-hydrogen) atoms. The molecule has 3 nitrogen and oxygen atoms in total. The minimum atomic E-state index is -1.10. The topological polar surface area (TPSA) is 50.2 Å². The number of benzene rings is 1. The highest BCUT2D eigenvalue weighted by Gasteiger charge is 2.12. The number of nitrogens with zero attached hydrogens (tertiary/aromatic N) is 1. The predicted octanol–water partition coefficient (Wildman–Crippen LogP) is 4.11. The molecule has 1 N–H and O–H groups in total. The number of hydrogen-bond acceptors (Lipinski definition) is 2. The van der Waals surface area contributed by atoms with Crippen LogP contribution >= 0.6 is 43.5 Å². The van der Waals surface area contributed by atoms with Crippen LogP contribution in [0, 0.1) is 0 Å². The summed E-state index contributed by atoms with van der Waals surface area (Å²) in [5, 5.41) is 9.94. The molecule has 0 saturated carbocycles. The van der Waals surface area contributed by atoms with Gasteiger partial charge >= 0.3 is 5.97 Å². The molecule has 2 aromatic rings. The summed E-state index contributed by atoms with van der Waals surface area (Å²) in [6.45, 7) is 0. The normalized spacial score (nSPS) is 10.7. The molecule has 82 valence electrons. The van der Waals surface area contributed by atoms with Crippen molar-refractivity contribution < 1.29 is 9.90 Å². The number of carboxylic acid groups (broad SMARTS) is 1. The van der Waals surface area contributed by atoms with Gasteiger partial charge in [-0.05, 0) is 34.1 Å². The fourth-order valence-electron chi connectivity index (χ4n) is 1.32. The van der Waals surface area contributed by atoms with Crippen LogP contribution in [-0.4, -0.2) is 16.1 Å². The number of halogens is 3. The van der Waals surface area contributed by atoms with Crippen molar-refractivity contribution in [3.8, 4) is 0 Å². The predicted molar refractivity (Wildman–Crippen MR) is 69.1 cm³/mol. The molecular weight excluding hydrogens is 361 g/mol. The largest absolute Gasteiger partial charge is 0.477 e. The van der Waals surface area contributed by atoms with Crippen molar-refractivity contribution >= 4 is 60.3 Å². The maximum Gasteiger partial charge on any atom is 0.354 e. The Kier molecular flexibility index (Phi) is 3.19. The van der Waals surface area contributed by atoms with Crippen molar-refractivity contribution in [3.63, 3.8) is 0 Å². The van der Waals surface area contributed by atoms with Crippen molar-refractivity contribution in [2.75, 3.05) is 0 Å². The zero-order chi connectivity index (χ0) is 11.9. The van der Waals surface area contributed by atoms with Crippen LogP contribution in [0.1, 0.15) is 10.5 Å². The standard InChI is InChI=1S/C10H4Br2ClNO2/c11-4-1-5-7(13)3-8(10(15)16)14-9(5)6(12)2-4/h1-3H,(H,15,16). The molecule has 0 spiro atoms. The van der Waals surface area contributed by atoms with Crippen LogP contribution in [0.2, 0.25) is 5.02 Å². The first-order chi connectivity index (χ1) is 7.49. The lowest BCUT2D eigenvalue weighted by molar-refractivity contribution is 0.0691. The van der Waals surface area contributed by atoms with Gasteiger partial charge in [0.25, 0.3) is 0 Å². The zero-order valence-electron chi connectivity index (χ0n) is 7.67. The van der Waals surface area contributed by atoms with Crippen molar-refractivity contribution in [1.82, 2.24) is 4.98 Å². The zero-order valence-corrected chi connectivity index (χ0v) is 11.6. The molecule has 0 aliphatic heterocycles. The number of carbonyl (C=O) groups is 1. The first-order valence-electron chi connectivity index (χ1n) is 4.17. The highest BCUT2D eigenvalue weighted by molar-refractivity contribution is 9.11. The van der Waals surface area contributed by atoms with Crippen molar-refractivity contribution in [2.45, 2.75) is 0 Å². The molecular formula is C10H4Br2ClNO2. The van der Waals surface area contributed by atoms with E-state index in [2.05, 4.69) is 36.8 Å². The molecule has 0 unspecified atom stereocenters. The van der Waals surface area contributed by atoms with Gasteiger partial charge in [0.15, 0.2) is 0 Å². The van der Waals surface area contributed by atoms with E-state index in [-0.39, 0.29) is 5.69 Å². The quantitative estimate of drug-likeness (QED) is 0.827. The Morgan fingerprint density at radius 3 is 2.62 bits per heavy atom. The molecule has 1 aromatic carbocycles. The van der Waals surface area contributed by atoms with E-state index in [1.54, 1.807) is 12.1 Å². The van der Waals surface area contributed by atoms with E-state index in [9.17, 15) is 4.79 Å². The minimum absolute atomic E-state index is 0.0690. The van der Waals surface area contributed by atoms with Crippen LogP contribution in [0.3, 0.4) is 0 Å². The Morgan fingerprint density at radius 1 is 1.31 bits per heavy atom. The van der Waals surface area contributed by atoms with Gasteiger partial charge in [0.05, 0.1) is 10.5 Å². The Labute approximate surface area is 113 Å². The Bertz CT molecular complexity index is 601. The number of hydrogen-bond donors (Lipinski definition) is 1. The number of carboxylic acids is 1. The number of rotatable bonds is 1. The summed E-state index contributed by atoms with van der Waals surface area (Å²) in [5.74, 6) is -1.10. The minimum Gasteiger partial charge on any atom is -0.477 e. The summed E-state index contributed by atoms with van der Waals surface area (Å²) in [6, 6.07) is 4.92. The van der Waals surface area contributed by atoms with E-state index in [1.165, 1.54) is 6.07 Å². The molecule has 1 heterocycles. The maximum absolute atomic E-state index is 10.8. The van der Waals surface area contributed by atoms with Gasteiger partial charge in [0.2, 0.25) is 0 Å². The second kappa shape index (κ2) is 4.31. The molecule has 6 heteroatoms. The Hall–Kier alpha value is -0.650. The van der Waals surface area contributed by atoms with Crippen LogP contribution in [-0.2, 0) is 0 Å². The van der Waals surface area contributed by atoms with Gasteiger partial charge in [-0.15, -0.1) is 0 Å². The molecule has 0 atom stereocenters. The van der Waals surface area contributed by atoms with Gasteiger partial charge in [0, 0.05) is 14.3 Å². The first-order valence-corrected chi connectivity index (χ1v) is 6.14. The van der Waals surface area contributed by atoms with Crippen LogP contribution in [0.4, 0.5) is 0 Å². The molecule has 2 rings (SSSR count). The monoisotopic (exact) mass is 363 g/mol. The number of fused-ring (bicyclic) bond motifs is 1. The van der Waals surface area contributed by atoms with Crippen molar-refractivity contribution in [2.24, 2.45) is 0 Å². The highest BCUT2D eigenvalue weighted by atomic mass is 79.9. The van der Waals surface area contributed by atoms with Crippen LogP contribution in [0.25, 0.3) is 10.9 Å². The second-order valence-electron chi connectivity index (χ2n) is 3.08. The first kappa shape index (κ1) is 11.8. The molecule has 0 aliphatic carbocycles. The van der Waals surface area contributed by atoms with E-state index in [0.29, 0.717) is 20.4 Å². The summed E-state index contributed by atoms with van der Waals surface area (Å²) in [5.41, 5.74) is 0.466. The van der Waals surface area contributed by atoms with Gasteiger partial charge in [0.1, 0.15) is 5.69 Å². The second-order valence-corrected chi connectivity index (χ2v) is 5.26. The van der Waals surface area contributed by atoms with Gasteiger partial charge < -0.3 is 5.11 Å². The van der Waals surface area contributed by atoms with Crippen molar-refractivity contribution in [3.05, 3.63) is 37.9 Å². The van der Waals surface area contributed by atoms with Crippen LogP contribution in [0.15, 0.2) is 27.1 Å². The summed E-state index contributed by atoms with van der Waals surface area (Å²) in [4.78, 5) is 14.9. The third-order valence-electron chi connectivity index (χ3n) is 2.00. The molecule has 0 fully saturated rings. The van der Waals surface area contributed by atoms with Crippen LogP contribution < -0.4 is 0 Å². The molecule has 1 aromatic heterocycles. The van der Waals surface area contributed by atoms with E-state index < -0.39 is 5.97 Å². The average Bonchev–Trinajstić information content (AvgIpc) is 2.19. The fourth-order valence-corrected chi connectivity index (χ4v) is 2.88. The SMILES string of the molecule is O=C(O)c1cc(Cl)c2cc(Br)cc(Br)c2n1. The van der Waals surface area contributed by atoms with Gasteiger partial charge in [-0.3, -0.25) is 0 Å². The maximum atomic E-state index is 10.8. The summed E-state index contributed by atoms with van der Waals surface area (Å²) < 4.78 is 1.54. The van der Waals surface area contributed by atoms with Gasteiger partial charge in [-0.25, -0.2) is 9.78 Å². The Balaban J connectivity index is 2.87. The Morgan fingerprint density at radius 2 is 2.00 bits per heavy atom. The third kappa shape index (κ3) is 2.07. The van der Waals surface area contributed by atoms with E-state index >= 15 is 0 Å². The molecule has 0 amide bonds. The number of aromatic nitrogens is 1. The lowest BCUT2D eigenvalue weighted by atomic mass is 10.2. The van der Waals surface area contributed by atoms with E-state index in [1.807, 2.05) is 0 Å². The average molecular weight is 365 g/mol. The summed E-state index contributed by atoms with van der Waals surface area (Å²) in [7, 11) is 0. The van der Waals surface area contributed by atoms with E-state index in [4.69, 9.17) is 16.7 Å². The van der Waals surface area contributed by atoms with Crippen molar-refractivity contribution in [1.29, 1.82) is 0 Å². The number of pyridine rings is 1. The molecule has 0 bridgehead atoms. The molecule has 0 radical (unpaired) electrons. The van der Waals surface area contributed by atoms with Crippen LogP contribution in [0.5, 0.6) is 0 Å². The van der Waals surface area contributed by atoms with Gasteiger partial charge in [-0.1, -0.05) is 27.5 Å². The summed E-state index contributed by atoms with van der Waals surface area (Å²) in [6.07, 6.45) is 0. The smallest absolute Gasteiger partial charge is 0.354 e. The van der Waals surface area contributed by atoms with Gasteiger partial charge in [-0.2, -0.15) is 0 Å². The molecule has 0 aliphatic rings. The third-order valence-corrected chi connectivity index (χ3v) is 3.38. The van der Waals surface area contributed by atoms with E-state index in [0.717, 1.165) is 4.47 Å². The lowest BCUT2D eigenvalue weighted by Crippen LogP contribution is -2.00. The fraction of sp³-hybridized carbons (Fsp3) is 0. The molecule has 0 saturated heterocycles. The summed E-state index contributed by atoms with van der Waals surface area (Å²) >= 11 is 12.7. The lowest BCUT2D eigenvalue weighted by Gasteiger charge is -2.05. The highest BCUT2D eigenvalue weighted by Crippen LogP contribution is 2.32.